The summed E-state index contributed by atoms with van der Waals surface area (Å²) in [6, 6.07) is 11.4. The van der Waals surface area contributed by atoms with Crippen LogP contribution < -0.4 is 0 Å². The second kappa shape index (κ2) is 6.02. The number of benzene rings is 1. The first kappa shape index (κ1) is 13.1. The quantitative estimate of drug-likeness (QED) is 0.812. The molecule has 0 saturated carbocycles. The average molecular weight is 242 g/mol. The minimum absolute atomic E-state index is 0.511. The van der Waals surface area contributed by atoms with Crippen molar-refractivity contribution in [1.82, 2.24) is 4.90 Å². The Bertz CT molecular complexity index is 416. The summed E-state index contributed by atoms with van der Waals surface area (Å²) in [6.45, 7) is 6.92. The van der Waals surface area contributed by atoms with E-state index in [1.165, 1.54) is 24.9 Å². The smallest absolute Gasteiger partial charge is 0.0669 e. The maximum absolute atomic E-state index is 8.66. The van der Waals surface area contributed by atoms with E-state index in [1.807, 2.05) is 0 Å². The van der Waals surface area contributed by atoms with Crippen molar-refractivity contribution in [2.75, 3.05) is 6.54 Å². The van der Waals surface area contributed by atoms with Crippen molar-refractivity contribution in [3.63, 3.8) is 0 Å². The number of hydrogen-bond donors (Lipinski definition) is 0. The summed E-state index contributed by atoms with van der Waals surface area (Å²) in [7, 11) is 0. The van der Waals surface area contributed by atoms with Gasteiger partial charge in [-0.05, 0) is 36.8 Å². The molecule has 0 N–H and O–H groups in total. The molecule has 1 aromatic rings. The molecule has 2 heteroatoms. The van der Waals surface area contributed by atoms with Crippen LogP contribution >= 0.6 is 0 Å². The van der Waals surface area contributed by atoms with Gasteiger partial charge in [-0.3, -0.25) is 4.90 Å². The van der Waals surface area contributed by atoms with Crippen molar-refractivity contribution < 1.29 is 0 Å². The van der Waals surface area contributed by atoms with Crippen LogP contribution in [0.5, 0.6) is 0 Å². The minimum Gasteiger partial charge on any atom is -0.296 e. The van der Waals surface area contributed by atoms with E-state index in [4.69, 9.17) is 5.26 Å². The van der Waals surface area contributed by atoms with Crippen molar-refractivity contribution in [3.05, 3.63) is 35.4 Å². The maximum atomic E-state index is 8.66. The first-order valence-corrected chi connectivity index (χ1v) is 6.88. The largest absolute Gasteiger partial charge is 0.296 e. The fourth-order valence-electron chi connectivity index (χ4n) is 2.69. The summed E-state index contributed by atoms with van der Waals surface area (Å²) < 4.78 is 0. The monoisotopic (exact) mass is 242 g/mol. The Balaban J connectivity index is 1.98. The SMILES string of the molecule is CC1CCC(C)N(Cc2ccc(CC#N)cc2)C1. The third-order valence-corrected chi connectivity index (χ3v) is 3.94. The summed E-state index contributed by atoms with van der Waals surface area (Å²) in [5.74, 6) is 0.819. The van der Waals surface area contributed by atoms with Gasteiger partial charge < -0.3 is 0 Å². The van der Waals surface area contributed by atoms with E-state index in [0.717, 1.165) is 18.0 Å². The molecule has 0 aliphatic carbocycles. The van der Waals surface area contributed by atoms with E-state index in [1.54, 1.807) is 0 Å². The molecule has 1 aliphatic heterocycles. The highest BCUT2D eigenvalue weighted by molar-refractivity contribution is 5.24. The lowest BCUT2D eigenvalue weighted by atomic mass is 9.94. The molecular weight excluding hydrogens is 220 g/mol. The third-order valence-electron chi connectivity index (χ3n) is 3.94. The Hall–Kier alpha value is -1.33. The molecule has 1 saturated heterocycles. The predicted octanol–water partition coefficient (Wildman–Crippen LogP) is 3.37. The van der Waals surface area contributed by atoms with Gasteiger partial charge in [0, 0.05) is 19.1 Å². The predicted molar refractivity (Wildman–Crippen MR) is 74.0 cm³/mol. The van der Waals surface area contributed by atoms with E-state index < -0.39 is 0 Å². The molecule has 2 rings (SSSR count). The van der Waals surface area contributed by atoms with Crippen molar-refractivity contribution in [3.8, 4) is 6.07 Å². The number of piperidine rings is 1. The van der Waals surface area contributed by atoms with Gasteiger partial charge >= 0.3 is 0 Å². The van der Waals surface area contributed by atoms with Crippen LogP contribution in [0.2, 0.25) is 0 Å². The summed E-state index contributed by atoms with van der Waals surface area (Å²) in [6.07, 6.45) is 3.18. The Morgan fingerprint density at radius 2 is 1.83 bits per heavy atom. The molecule has 1 aromatic carbocycles. The topological polar surface area (TPSA) is 27.0 Å². The van der Waals surface area contributed by atoms with Crippen LogP contribution in [-0.2, 0) is 13.0 Å². The molecule has 0 aromatic heterocycles. The standard InChI is InChI=1S/C16H22N2/c1-13-3-4-14(2)18(11-13)12-16-7-5-15(6-8-16)9-10-17/h5-8,13-14H,3-4,9,11-12H2,1-2H3. The second-order valence-corrected chi connectivity index (χ2v) is 5.61. The van der Waals surface area contributed by atoms with E-state index in [9.17, 15) is 0 Å². The van der Waals surface area contributed by atoms with E-state index in [-0.39, 0.29) is 0 Å². The number of nitriles is 1. The lowest BCUT2D eigenvalue weighted by Gasteiger charge is -2.36. The van der Waals surface area contributed by atoms with Crippen molar-refractivity contribution in [1.29, 1.82) is 5.26 Å². The van der Waals surface area contributed by atoms with Gasteiger partial charge in [-0.1, -0.05) is 31.2 Å². The Labute approximate surface area is 110 Å². The lowest BCUT2D eigenvalue weighted by molar-refractivity contribution is 0.117. The van der Waals surface area contributed by atoms with Crippen LogP contribution in [0.3, 0.4) is 0 Å². The first-order valence-electron chi connectivity index (χ1n) is 6.88. The van der Waals surface area contributed by atoms with E-state index in [2.05, 4.69) is 49.1 Å². The fraction of sp³-hybridized carbons (Fsp3) is 0.562. The molecule has 18 heavy (non-hydrogen) atoms. The summed E-state index contributed by atoms with van der Waals surface area (Å²) >= 11 is 0. The lowest BCUT2D eigenvalue weighted by Crippen LogP contribution is -2.40. The van der Waals surface area contributed by atoms with Crippen LogP contribution in [0.15, 0.2) is 24.3 Å². The van der Waals surface area contributed by atoms with Gasteiger partial charge in [0.15, 0.2) is 0 Å². The molecule has 2 unspecified atom stereocenters. The molecule has 0 spiro atoms. The summed E-state index contributed by atoms with van der Waals surface area (Å²) in [5.41, 5.74) is 2.47. The molecule has 2 atom stereocenters. The van der Waals surface area contributed by atoms with Gasteiger partial charge in [0.2, 0.25) is 0 Å². The molecule has 1 fully saturated rings. The average Bonchev–Trinajstić information content (AvgIpc) is 2.37. The number of rotatable bonds is 3. The summed E-state index contributed by atoms with van der Waals surface area (Å²) in [4.78, 5) is 2.58. The van der Waals surface area contributed by atoms with Crippen molar-refractivity contribution in [2.24, 2.45) is 5.92 Å². The number of nitrogens with zero attached hydrogens (tertiary/aromatic N) is 2. The molecule has 0 radical (unpaired) electrons. The van der Waals surface area contributed by atoms with E-state index >= 15 is 0 Å². The van der Waals surface area contributed by atoms with Crippen LogP contribution in [-0.4, -0.2) is 17.5 Å². The van der Waals surface area contributed by atoms with Gasteiger partial charge in [-0.2, -0.15) is 5.26 Å². The zero-order valence-corrected chi connectivity index (χ0v) is 11.4. The summed E-state index contributed by atoms with van der Waals surface area (Å²) in [5, 5.41) is 8.66. The molecule has 2 nitrogen and oxygen atoms in total. The Morgan fingerprint density at radius 3 is 2.50 bits per heavy atom. The molecule has 0 bridgehead atoms. The normalized spacial score (nSPS) is 24.7. The van der Waals surface area contributed by atoms with Crippen molar-refractivity contribution >= 4 is 0 Å². The molecular formula is C16H22N2. The fourth-order valence-corrected chi connectivity index (χ4v) is 2.69. The highest BCUT2D eigenvalue weighted by atomic mass is 15.2. The maximum Gasteiger partial charge on any atom is 0.0669 e. The van der Waals surface area contributed by atoms with Crippen LogP contribution in [0.25, 0.3) is 0 Å². The zero-order chi connectivity index (χ0) is 13.0. The molecule has 0 amide bonds. The van der Waals surface area contributed by atoms with Crippen molar-refractivity contribution in [2.45, 2.75) is 45.7 Å². The van der Waals surface area contributed by atoms with Gasteiger partial charge in [-0.25, -0.2) is 0 Å². The Morgan fingerprint density at radius 1 is 1.17 bits per heavy atom. The van der Waals surface area contributed by atoms with Crippen LogP contribution in [0.4, 0.5) is 0 Å². The van der Waals surface area contributed by atoms with Crippen LogP contribution in [0, 0.1) is 17.2 Å². The first-order chi connectivity index (χ1) is 8.69. The van der Waals surface area contributed by atoms with Gasteiger partial charge in [0.05, 0.1) is 12.5 Å². The third kappa shape index (κ3) is 3.34. The molecule has 1 aliphatic rings. The number of hydrogen-bond acceptors (Lipinski definition) is 2. The van der Waals surface area contributed by atoms with Gasteiger partial charge in [-0.15, -0.1) is 0 Å². The Kier molecular flexibility index (Phi) is 4.38. The van der Waals surface area contributed by atoms with Gasteiger partial charge in [0.25, 0.3) is 0 Å². The van der Waals surface area contributed by atoms with Crippen LogP contribution in [0.1, 0.15) is 37.8 Å². The second-order valence-electron chi connectivity index (χ2n) is 5.61. The zero-order valence-electron chi connectivity index (χ0n) is 11.4. The molecule has 96 valence electrons. The highest BCUT2D eigenvalue weighted by Crippen LogP contribution is 2.23. The molecule has 1 heterocycles. The van der Waals surface area contributed by atoms with E-state index in [0.29, 0.717) is 12.5 Å². The highest BCUT2D eigenvalue weighted by Gasteiger charge is 2.22. The number of likely N-dealkylation sites (tertiary alicyclic amines) is 1. The minimum atomic E-state index is 0.511. The van der Waals surface area contributed by atoms with Gasteiger partial charge in [0.1, 0.15) is 0 Å².